The highest BCUT2D eigenvalue weighted by molar-refractivity contribution is 5.08. The SMILES string of the molecule is Cc1ccn(CC(C#N)C(F)(F)F)c(=O)c1. The van der Waals surface area contributed by atoms with Crippen molar-refractivity contribution in [3.8, 4) is 6.07 Å². The Morgan fingerprint density at radius 1 is 1.56 bits per heavy atom. The topological polar surface area (TPSA) is 45.8 Å². The Hall–Kier alpha value is -1.77. The highest BCUT2D eigenvalue weighted by Gasteiger charge is 2.40. The van der Waals surface area contributed by atoms with Crippen molar-refractivity contribution in [3.05, 3.63) is 34.2 Å². The van der Waals surface area contributed by atoms with Crippen molar-refractivity contribution < 1.29 is 13.2 Å². The zero-order valence-corrected chi connectivity index (χ0v) is 8.45. The zero-order chi connectivity index (χ0) is 12.3. The van der Waals surface area contributed by atoms with Gasteiger partial charge in [0.2, 0.25) is 0 Å². The van der Waals surface area contributed by atoms with E-state index < -0.39 is 24.2 Å². The molecule has 1 heterocycles. The van der Waals surface area contributed by atoms with E-state index >= 15 is 0 Å². The normalized spacial score (nSPS) is 13.2. The lowest BCUT2D eigenvalue weighted by Crippen LogP contribution is -2.30. The highest BCUT2D eigenvalue weighted by atomic mass is 19.4. The van der Waals surface area contributed by atoms with E-state index in [4.69, 9.17) is 5.26 Å². The first kappa shape index (κ1) is 12.3. The second-order valence-corrected chi connectivity index (χ2v) is 3.42. The van der Waals surface area contributed by atoms with Crippen molar-refractivity contribution in [1.82, 2.24) is 4.57 Å². The van der Waals surface area contributed by atoms with Gasteiger partial charge < -0.3 is 4.57 Å². The molecule has 1 unspecified atom stereocenters. The lowest BCUT2D eigenvalue weighted by Gasteiger charge is -2.14. The molecule has 0 spiro atoms. The molecule has 0 aliphatic carbocycles. The van der Waals surface area contributed by atoms with E-state index in [9.17, 15) is 18.0 Å². The van der Waals surface area contributed by atoms with Crippen LogP contribution >= 0.6 is 0 Å². The average Bonchev–Trinajstić information content (AvgIpc) is 2.14. The number of hydrogen-bond donors (Lipinski definition) is 0. The van der Waals surface area contributed by atoms with Crippen molar-refractivity contribution in [2.24, 2.45) is 5.92 Å². The van der Waals surface area contributed by atoms with Gasteiger partial charge in [-0.2, -0.15) is 18.4 Å². The van der Waals surface area contributed by atoms with Crippen LogP contribution in [-0.2, 0) is 6.54 Å². The number of alkyl halides is 3. The average molecular weight is 230 g/mol. The first-order chi connectivity index (χ1) is 7.34. The molecule has 0 radical (unpaired) electrons. The minimum atomic E-state index is -4.61. The zero-order valence-electron chi connectivity index (χ0n) is 8.45. The molecule has 3 nitrogen and oxygen atoms in total. The molecular formula is C10H9F3N2O. The van der Waals surface area contributed by atoms with E-state index in [2.05, 4.69) is 0 Å². The molecule has 0 bridgehead atoms. The minimum absolute atomic E-state index is 0.537. The van der Waals surface area contributed by atoms with Gasteiger partial charge in [0.05, 0.1) is 12.6 Å². The summed E-state index contributed by atoms with van der Waals surface area (Å²) >= 11 is 0. The first-order valence-electron chi connectivity index (χ1n) is 4.48. The standard InChI is InChI=1S/C10H9F3N2O/c1-7-2-3-15(9(16)4-7)6-8(5-14)10(11,12)13/h2-4,8H,6H2,1H3. The number of rotatable bonds is 2. The molecule has 0 amide bonds. The molecule has 1 aromatic rings. The number of hydrogen-bond acceptors (Lipinski definition) is 2. The molecule has 0 saturated heterocycles. The number of pyridine rings is 1. The van der Waals surface area contributed by atoms with Crippen LogP contribution in [0.3, 0.4) is 0 Å². The van der Waals surface area contributed by atoms with Crippen LogP contribution in [0, 0.1) is 24.2 Å². The van der Waals surface area contributed by atoms with Gasteiger partial charge >= 0.3 is 6.18 Å². The largest absolute Gasteiger partial charge is 0.406 e. The van der Waals surface area contributed by atoms with Crippen LogP contribution in [-0.4, -0.2) is 10.7 Å². The van der Waals surface area contributed by atoms with Gasteiger partial charge in [0.15, 0.2) is 5.92 Å². The Morgan fingerprint density at radius 2 is 2.19 bits per heavy atom. The van der Waals surface area contributed by atoms with Crippen LogP contribution < -0.4 is 5.56 Å². The number of halogens is 3. The van der Waals surface area contributed by atoms with Gasteiger partial charge in [-0.05, 0) is 18.6 Å². The highest BCUT2D eigenvalue weighted by Crippen LogP contribution is 2.26. The Kier molecular flexibility index (Phi) is 3.38. The quantitative estimate of drug-likeness (QED) is 0.778. The van der Waals surface area contributed by atoms with Gasteiger partial charge in [0.1, 0.15) is 0 Å². The number of nitrogens with zero attached hydrogens (tertiary/aromatic N) is 2. The van der Waals surface area contributed by atoms with E-state index in [1.54, 1.807) is 6.92 Å². The summed E-state index contributed by atoms with van der Waals surface area (Å²) in [5.41, 5.74) is 0.131. The van der Waals surface area contributed by atoms with Gasteiger partial charge in [-0.15, -0.1) is 0 Å². The predicted molar refractivity (Wildman–Crippen MR) is 50.6 cm³/mol. The summed E-state index contributed by atoms with van der Waals surface area (Å²) in [4.78, 5) is 11.3. The fraction of sp³-hybridized carbons (Fsp3) is 0.400. The van der Waals surface area contributed by atoms with Crippen molar-refractivity contribution >= 4 is 0 Å². The van der Waals surface area contributed by atoms with Gasteiger partial charge in [0, 0.05) is 12.3 Å². The lowest BCUT2D eigenvalue weighted by atomic mass is 10.1. The predicted octanol–water partition coefficient (Wildman–Crippen LogP) is 1.86. The summed E-state index contributed by atoms with van der Waals surface area (Å²) in [5, 5.41) is 8.38. The Labute approximate surface area is 89.7 Å². The van der Waals surface area contributed by atoms with Crippen molar-refractivity contribution in [2.45, 2.75) is 19.6 Å². The molecule has 1 rings (SSSR count). The third kappa shape index (κ3) is 2.86. The number of nitriles is 1. The van der Waals surface area contributed by atoms with Crippen LogP contribution in [0.15, 0.2) is 23.1 Å². The molecule has 0 saturated carbocycles. The van der Waals surface area contributed by atoms with Gasteiger partial charge in [0.25, 0.3) is 5.56 Å². The van der Waals surface area contributed by atoms with E-state index in [1.165, 1.54) is 18.3 Å². The van der Waals surface area contributed by atoms with E-state index in [-0.39, 0.29) is 0 Å². The molecule has 86 valence electrons. The molecule has 0 aliphatic rings. The fourth-order valence-electron chi connectivity index (χ4n) is 1.17. The Balaban J connectivity index is 2.97. The van der Waals surface area contributed by atoms with Crippen LogP contribution in [0.1, 0.15) is 5.56 Å². The maximum absolute atomic E-state index is 12.3. The summed E-state index contributed by atoms with van der Waals surface area (Å²) in [6, 6.07) is 3.89. The molecule has 6 heteroatoms. The van der Waals surface area contributed by atoms with E-state index in [1.807, 2.05) is 0 Å². The molecular weight excluding hydrogens is 221 g/mol. The van der Waals surface area contributed by atoms with Crippen LogP contribution in [0.4, 0.5) is 13.2 Å². The Morgan fingerprint density at radius 3 is 2.62 bits per heavy atom. The van der Waals surface area contributed by atoms with Crippen LogP contribution in [0.5, 0.6) is 0 Å². The van der Waals surface area contributed by atoms with Crippen molar-refractivity contribution in [3.63, 3.8) is 0 Å². The lowest BCUT2D eigenvalue weighted by molar-refractivity contribution is -0.162. The smallest absolute Gasteiger partial charge is 0.314 e. The molecule has 1 aromatic heterocycles. The minimum Gasteiger partial charge on any atom is -0.314 e. The van der Waals surface area contributed by atoms with E-state index in [0.717, 1.165) is 10.6 Å². The van der Waals surface area contributed by atoms with Crippen LogP contribution in [0.25, 0.3) is 0 Å². The van der Waals surface area contributed by atoms with Crippen molar-refractivity contribution in [1.29, 1.82) is 5.26 Å². The molecule has 1 atom stereocenters. The Bertz CT molecular complexity index is 470. The second kappa shape index (κ2) is 4.39. The van der Waals surface area contributed by atoms with Crippen LogP contribution in [0.2, 0.25) is 0 Å². The second-order valence-electron chi connectivity index (χ2n) is 3.42. The summed E-state index contributed by atoms with van der Waals surface area (Å²) in [7, 11) is 0. The third-order valence-corrected chi connectivity index (χ3v) is 2.08. The van der Waals surface area contributed by atoms with Gasteiger partial charge in [-0.1, -0.05) is 0 Å². The third-order valence-electron chi connectivity index (χ3n) is 2.08. The first-order valence-corrected chi connectivity index (χ1v) is 4.48. The molecule has 0 N–H and O–H groups in total. The van der Waals surface area contributed by atoms with E-state index in [0.29, 0.717) is 5.56 Å². The molecule has 16 heavy (non-hydrogen) atoms. The summed E-state index contributed by atoms with van der Waals surface area (Å²) in [6.45, 7) is 0.996. The maximum Gasteiger partial charge on any atom is 0.406 e. The summed E-state index contributed by atoms with van der Waals surface area (Å²) in [5.74, 6) is -2.16. The monoisotopic (exact) mass is 230 g/mol. The molecule has 0 aliphatic heterocycles. The fourth-order valence-corrected chi connectivity index (χ4v) is 1.17. The molecule has 0 aromatic carbocycles. The number of aromatic nitrogens is 1. The van der Waals surface area contributed by atoms with Gasteiger partial charge in [-0.3, -0.25) is 4.79 Å². The summed E-state index contributed by atoms with van der Waals surface area (Å²) < 4.78 is 37.7. The maximum atomic E-state index is 12.3. The summed E-state index contributed by atoms with van der Waals surface area (Å²) in [6.07, 6.45) is -3.35. The van der Waals surface area contributed by atoms with Crippen molar-refractivity contribution in [2.75, 3.05) is 0 Å². The number of aryl methyl sites for hydroxylation is 1. The van der Waals surface area contributed by atoms with Gasteiger partial charge in [-0.25, -0.2) is 0 Å². The molecule has 0 fully saturated rings.